The van der Waals surface area contributed by atoms with Crippen LogP contribution in [0.2, 0.25) is 0 Å². The molecule has 2 heterocycles. The highest BCUT2D eigenvalue weighted by atomic mass is 35.5. The summed E-state index contributed by atoms with van der Waals surface area (Å²) >= 11 is 1.81. The molecule has 1 amide bonds. The van der Waals surface area contributed by atoms with E-state index < -0.39 is 0 Å². The van der Waals surface area contributed by atoms with Crippen molar-refractivity contribution in [2.75, 3.05) is 11.9 Å². The van der Waals surface area contributed by atoms with E-state index in [1.807, 2.05) is 29.5 Å². The second-order valence-corrected chi connectivity index (χ2v) is 6.77. The van der Waals surface area contributed by atoms with E-state index in [0.717, 1.165) is 37.8 Å². The second-order valence-electron chi connectivity index (χ2n) is 5.77. The molecule has 2 aromatic rings. The summed E-state index contributed by atoms with van der Waals surface area (Å²) in [5.74, 6) is 0.0498. The summed E-state index contributed by atoms with van der Waals surface area (Å²) in [5.41, 5.74) is 4.52. The van der Waals surface area contributed by atoms with Crippen molar-refractivity contribution in [1.29, 1.82) is 0 Å². The number of hydrogen-bond acceptors (Lipinski definition) is 3. The van der Waals surface area contributed by atoms with Crippen molar-refractivity contribution in [2.24, 2.45) is 0 Å². The molecule has 1 aliphatic heterocycles. The van der Waals surface area contributed by atoms with Crippen LogP contribution < -0.4 is 10.6 Å². The van der Waals surface area contributed by atoms with E-state index in [1.54, 1.807) is 0 Å². The molecule has 1 aromatic carbocycles. The molecular weight excluding hydrogens is 316 g/mol. The summed E-state index contributed by atoms with van der Waals surface area (Å²) in [5, 5.41) is 8.68. The molecule has 2 N–H and O–H groups in total. The number of hydrogen-bond donors (Lipinski definition) is 2. The first-order valence-electron chi connectivity index (χ1n) is 7.55. The Hall–Kier alpha value is -1.52. The summed E-state index contributed by atoms with van der Waals surface area (Å²) < 4.78 is 0. The Labute approximate surface area is 140 Å². The van der Waals surface area contributed by atoms with E-state index in [-0.39, 0.29) is 24.4 Å². The van der Waals surface area contributed by atoms with Crippen LogP contribution in [0.5, 0.6) is 0 Å². The van der Waals surface area contributed by atoms with Crippen molar-refractivity contribution in [2.45, 2.75) is 31.7 Å². The Kier molecular flexibility index (Phi) is 4.41. The van der Waals surface area contributed by atoms with Crippen LogP contribution in [0.4, 0.5) is 5.69 Å². The normalized spacial score (nSPS) is 18.6. The number of rotatable bonds is 2. The summed E-state index contributed by atoms with van der Waals surface area (Å²) in [6.07, 6.45) is 4.37. The van der Waals surface area contributed by atoms with Gasteiger partial charge in [-0.25, -0.2) is 0 Å². The lowest BCUT2D eigenvalue weighted by atomic mass is 9.93. The molecule has 1 aromatic heterocycles. The Morgan fingerprint density at radius 3 is 3.09 bits per heavy atom. The third kappa shape index (κ3) is 2.73. The van der Waals surface area contributed by atoms with E-state index in [9.17, 15) is 4.79 Å². The highest BCUT2D eigenvalue weighted by Crippen LogP contribution is 2.33. The van der Waals surface area contributed by atoms with Gasteiger partial charge >= 0.3 is 0 Å². The average molecular weight is 335 g/mol. The fourth-order valence-electron chi connectivity index (χ4n) is 3.32. The van der Waals surface area contributed by atoms with E-state index in [0.29, 0.717) is 0 Å². The smallest absolute Gasteiger partial charge is 0.251 e. The first-order chi connectivity index (χ1) is 10.3. The molecule has 1 unspecified atom stereocenters. The summed E-state index contributed by atoms with van der Waals surface area (Å²) in [6.45, 7) is 0.974. The molecule has 4 rings (SSSR count). The lowest BCUT2D eigenvalue weighted by Gasteiger charge is -2.23. The maximum absolute atomic E-state index is 12.5. The molecule has 0 bridgehead atoms. The average Bonchev–Trinajstić information content (AvgIpc) is 3.15. The molecule has 3 nitrogen and oxygen atoms in total. The van der Waals surface area contributed by atoms with Crippen LogP contribution >= 0.6 is 23.7 Å². The van der Waals surface area contributed by atoms with Gasteiger partial charge in [0.1, 0.15) is 0 Å². The summed E-state index contributed by atoms with van der Waals surface area (Å²) in [7, 11) is 0. The van der Waals surface area contributed by atoms with Crippen molar-refractivity contribution >= 4 is 35.3 Å². The minimum absolute atomic E-state index is 0. The minimum Gasteiger partial charge on any atom is -0.384 e. The van der Waals surface area contributed by atoms with Gasteiger partial charge in [-0.2, -0.15) is 0 Å². The Bertz CT molecular complexity index is 698. The monoisotopic (exact) mass is 334 g/mol. The van der Waals surface area contributed by atoms with Crippen LogP contribution in [0.1, 0.15) is 45.2 Å². The van der Waals surface area contributed by atoms with Crippen molar-refractivity contribution in [3.63, 3.8) is 0 Å². The topological polar surface area (TPSA) is 41.1 Å². The van der Waals surface area contributed by atoms with Crippen molar-refractivity contribution < 1.29 is 4.79 Å². The fraction of sp³-hybridized carbons (Fsp3) is 0.353. The highest BCUT2D eigenvalue weighted by molar-refractivity contribution is 7.10. The van der Waals surface area contributed by atoms with Gasteiger partial charge in [-0.05, 0) is 66.5 Å². The van der Waals surface area contributed by atoms with E-state index >= 15 is 0 Å². The van der Waals surface area contributed by atoms with E-state index in [4.69, 9.17) is 0 Å². The standard InChI is InChI=1S/C17H18N2OS.ClH/c20-17(12-4-5-14-11(10-12)6-8-18-14)19-15-2-1-3-16-13(15)7-9-21-16;/h4-5,7,9-10,15,18H,1-3,6,8H2,(H,19,20);1H. The third-order valence-electron chi connectivity index (χ3n) is 4.43. The number of anilines is 1. The van der Waals surface area contributed by atoms with Crippen molar-refractivity contribution in [3.05, 3.63) is 51.2 Å². The van der Waals surface area contributed by atoms with Crippen LogP contribution in [0.3, 0.4) is 0 Å². The quantitative estimate of drug-likeness (QED) is 0.873. The summed E-state index contributed by atoms with van der Waals surface area (Å²) in [6, 6.07) is 8.32. The number of carbonyl (C=O) groups is 1. The molecule has 0 saturated carbocycles. The molecule has 0 radical (unpaired) electrons. The van der Waals surface area contributed by atoms with Gasteiger partial charge in [0.2, 0.25) is 0 Å². The lowest BCUT2D eigenvalue weighted by molar-refractivity contribution is 0.0933. The number of thiophene rings is 1. The first kappa shape index (κ1) is 15.4. The zero-order chi connectivity index (χ0) is 14.2. The van der Waals surface area contributed by atoms with Crippen LogP contribution in [0, 0.1) is 0 Å². The number of halogens is 1. The Balaban J connectivity index is 0.00000144. The maximum atomic E-state index is 12.5. The zero-order valence-electron chi connectivity index (χ0n) is 12.2. The molecule has 0 spiro atoms. The fourth-order valence-corrected chi connectivity index (χ4v) is 4.31. The molecular formula is C17H19ClN2OS. The van der Waals surface area contributed by atoms with Crippen LogP contribution in [0.25, 0.3) is 0 Å². The summed E-state index contributed by atoms with van der Waals surface area (Å²) in [4.78, 5) is 14.0. The zero-order valence-corrected chi connectivity index (χ0v) is 13.9. The largest absolute Gasteiger partial charge is 0.384 e. The Morgan fingerprint density at radius 1 is 1.27 bits per heavy atom. The number of fused-ring (bicyclic) bond motifs is 2. The van der Waals surface area contributed by atoms with E-state index in [1.165, 1.54) is 21.7 Å². The van der Waals surface area contributed by atoms with Crippen LogP contribution in [0.15, 0.2) is 29.6 Å². The van der Waals surface area contributed by atoms with Gasteiger partial charge in [0.05, 0.1) is 6.04 Å². The molecule has 1 aliphatic carbocycles. The van der Waals surface area contributed by atoms with Gasteiger partial charge in [-0.3, -0.25) is 4.79 Å². The van der Waals surface area contributed by atoms with Gasteiger partial charge in [0, 0.05) is 22.7 Å². The van der Waals surface area contributed by atoms with Gasteiger partial charge < -0.3 is 10.6 Å². The SMILES string of the molecule is Cl.O=C(NC1CCCc2sccc21)c1ccc2c(c1)CCN2. The van der Waals surface area contributed by atoms with Gasteiger partial charge in [-0.15, -0.1) is 23.7 Å². The third-order valence-corrected chi connectivity index (χ3v) is 5.43. The maximum Gasteiger partial charge on any atom is 0.251 e. The number of benzene rings is 1. The predicted octanol–water partition coefficient (Wildman–Crippen LogP) is 3.95. The van der Waals surface area contributed by atoms with Crippen LogP contribution in [-0.4, -0.2) is 12.5 Å². The molecule has 5 heteroatoms. The molecule has 116 valence electrons. The predicted molar refractivity (Wildman–Crippen MR) is 93.3 cm³/mol. The number of carbonyl (C=O) groups excluding carboxylic acids is 1. The molecule has 0 fully saturated rings. The molecule has 22 heavy (non-hydrogen) atoms. The lowest BCUT2D eigenvalue weighted by Crippen LogP contribution is -2.30. The van der Waals surface area contributed by atoms with Crippen molar-refractivity contribution in [3.8, 4) is 0 Å². The first-order valence-corrected chi connectivity index (χ1v) is 8.43. The molecule has 1 atom stereocenters. The molecule has 2 aliphatic rings. The van der Waals surface area contributed by atoms with Gasteiger partial charge in [-0.1, -0.05) is 0 Å². The van der Waals surface area contributed by atoms with Gasteiger partial charge in [0.25, 0.3) is 5.91 Å². The Morgan fingerprint density at radius 2 is 2.18 bits per heavy atom. The number of aryl methyl sites for hydroxylation is 1. The minimum atomic E-state index is 0. The van der Waals surface area contributed by atoms with Crippen LogP contribution in [-0.2, 0) is 12.8 Å². The van der Waals surface area contributed by atoms with E-state index in [2.05, 4.69) is 22.1 Å². The second kappa shape index (κ2) is 6.31. The number of amides is 1. The highest BCUT2D eigenvalue weighted by Gasteiger charge is 2.23. The number of nitrogens with one attached hydrogen (secondary N) is 2. The van der Waals surface area contributed by atoms with Crippen molar-refractivity contribution in [1.82, 2.24) is 5.32 Å². The molecule has 0 saturated heterocycles. The van der Waals surface area contributed by atoms with Gasteiger partial charge in [0.15, 0.2) is 0 Å².